The molecule has 2 heterocycles. The van der Waals surface area contributed by atoms with Gasteiger partial charge in [0.2, 0.25) is 0 Å². The summed E-state index contributed by atoms with van der Waals surface area (Å²) < 4.78 is 5.56. The lowest BCUT2D eigenvalue weighted by atomic mass is 9.98. The second-order valence-electron chi connectivity index (χ2n) is 7.61. The molecule has 1 N–H and O–H groups in total. The molecule has 2 amide bonds. The molecule has 0 bridgehead atoms. The maximum absolute atomic E-state index is 13.0. The van der Waals surface area contributed by atoms with Gasteiger partial charge in [0, 0.05) is 36.5 Å². The number of hydrogen-bond donors (Lipinski definition) is 1. The Labute approximate surface area is 165 Å². The number of amides is 2. The Balaban J connectivity index is 1.49. The minimum absolute atomic E-state index is 0.0107. The summed E-state index contributed by atoms with van der Waals surface area (Å²) >= 11 is 0. The summed E-state index contributed by atoms with van der Waals surface area (Å²) in [4.78, 5) is 27.3. The normalized spacial score (nSPS) is 18.6. The zero-order valence-corrected chi connectivity index (χ0v) is 16.2. The zero-order valence-electron chi connectivity index (χ0n) is 16.2. The average molecular weight is 378 g/mol. The Morgan fingerprint density at radius 3 is 2.64 bits per heavy atom. The molecular formula is C23H26N2O3. The number of rotatable bonds is 4. The van der Waals surface area contributed by atoms with Gasteiger partial charge in [0.05, 0.1) is 6.10 Å². The van der Waals surface area contributed by atoms with E-state index in [0.717, 1.165) is 49.1 Å². The van der Waals surface area contributed by atoms with Crippen molar-refractivity contribution in [1.29, 1.82) is 0 Å². The number of ether oxygens (including phenoxy) is 1. The molecule has 28 heavy (non-hydrogen) atoms. The largest absolute Gasteiger partial charge is 0.376 e. The van der Waals surface area contributed by atoms with E-state index < -0.39 is 0 Å². The Kier molecular flexibility index (Phi) is 5.44. The minimum Gasteiger partial charge on any atom is -0.376 e. The van der Waals surface area contributed by atoms with Gasteiger partial charge in [0.25, 0.3) is 11.8 Å². The lowest BCUT2D eigenvalue weighted by molar-refractivity contribution is 0.0857. The third kappa shape index (κ3) is 3.94. The summed E-state index contributed by atoms with van der Waals surface area (Å²) in [5.74, 6) is -0.0724. The summed E-state index contributed by atoms with van der Waals surface area (Å²) in [5.41, 5.74) is 4.43. The molecule has 2 aromatic carbocycles. The zero-order chi connectivity index (χ0) is 19.5. The highest BCUT2D eigenvalue weighted by molar-refractivity contribution is 6.07. The van der Waals surface area contributed by atoms with E-state index in [-0.39, 0.29) is 17.9 Å². The fourth-order valence-corrected chi connectivity index (χ4v) is 3.92. The first kappa shape index (κ1) is 18.7. The number of carbonyl (C=O) groups excluding carboxylic acids is 2. The first-order valence-electron chi connectivity index (χ1n) is 10.0. The lowest BCUT2D eigenvalue weighted by Crippen LogP contribution is -2.36. The molecule has 2 aliphatic rings. The van der Waals surface area contributed by atoms with Gasteiger partial charge in [-0.25, -0.2) is 0 Å². The monoisotopic (exact) mass is 378 g/mol. The molecule has 0 aliphatic carbocycles. The second kappa shape index (κ2) is 8.15. The van der Waals surface area contributed by atoms with Gasteiger partial charge in [-0.05, 0) is 68.5 Å². The van der Waals surface area contributed by atoms with Gasteiger partial charge in [0.15, 0.2) is 0 Å². The number of carbonyl (C=O) groups is 2. The molecule has 4 rings (SSSR count). The molecule has 1 saturated heterocycles. The van der Waals surface area contributed by atoms with Crippen molar-refractivity contribution < 1.29 is 14.3 Å². The van der Waals surface area contributed by atoms with E-state index in [4.69, 9.17) is 4.74 Å². The van der Waals surface area contributed by atoms with Crippen molar-refractivity contribution in [3.8, 4) is 0 Å². The van der Waals surface area contributed by atoms with Gasteiger partial charge in [0.1, 0.15) is 0 Å². The van der Waals surface area contributed by atoms with Crippen molar-refractivity contribution in [2.45, 2.75) is 38.7 Å². The van der Waals surface area contributed by atoms with Gasteiger partial charge < -0.3 is 15.0 Å². The highest BCUT2D eigenvalue weighted by Gasteiger charge is 2.25. The van der Waals surface area contributed by atoms with E-state index in [0.29, 0.717) is 24.2 Å². The van der Waals surface area contributed by atoms with Crippen molar-refractivity contribution in [2.75, 3.05) is 24.6 Å². The van der Waals surface area contributed by atoms with E-state index in [1.807, 2.05) is 54.3 Å². The number of nitrogens with zero attached hydrogens (tertiary/aromatic N) is 1. The van der Waals surface area contributed by atoms with E-state index in [1.54, 1.807) is 0 Å². The van der Waals surface area contributed by atoms with Crippen LogP contribution >= 0.6 is 0 Å². The number of fused-ring (bicyclic) bond motifs is 1. The van der Waals surface area contributed by atoms with Gasteiger partial charge in [-0.3, -0.25) is 9.59 Å². The Bertz CT molecular complexity index is 870. The first-order valence-corrected chi connectivity index (χ1v) is 10.0. The SMILES string of the molecule is Cc1ccc(C(=O)N2CCCc3cc(C(=O)NC[C@@H]4CCCO4)ccc32)cc1. The molecule has 0 unspecified atom stereocenters. The molecule has 0 spiro atoms. The lowest BCUT2D eigenvalue weighted by Gasteiger charge is -2.30. The van der Waals surface area contributed by atoms with Crippen LogP contribution in [0, 0.1) is 6.92 Å². The average Bonchev–Trinajstić information content (AvgIpc) is 3.25. The van der Waals surface area contributed by atoms with Gasteiger partial charge in [-0.2, -0.15) is 0 Å². The number of aryl methyl sites for hydroxylation is 2. The van der Waals surface area contributed by atoms with Crippen molar-refractivity contribution in [3.63, 3.8) is 0 Å². The van der Waals surface area contributed by atoms with Crippen molar-refractivity contribution in [2.24, 2.45) is 0 Å². The summed E-state index contributed by atoms with van der Waals surface area (Å²) in [6, 6.07) is 13.3. The Morgan fingerprint density at radius 2 is 1.89 bits per heavy atom. The second-order valence-corrected chi connectivity index (χ2v) is 7.61. The van der Waals surface area contributed by atoms with Crippen molar-refractivity contribution in [3.05, 3.63) is 64.7 Å². The van der Waals surface area contributed by atoms with Gasteiger partial charge in [-0.15, -0.1) is 0 Å². The number of hydrogen-bond acceptors (Lipinski definition) is 3. The highest BCUT2D eigenvalue weighted by Crippen LogP contribution is 2.29. The van der Waals surface area contributed by atoms with Crippen LogP contribution in [0.15, 0.2) is 42.5 Å². The van der Waals surface area contributed by atoms with E-state index in [2.05, 4.69) is 5.32 Å². The Hall–Kier alpha value is -2.66. The van der Waals surface area contributed by atoms with E-state index in [9.17, 15) is 9.59 Å². The first-order chi connectivity index (χ1) is 13.6. The van der Waals surface area contributed by atoms with Gasteiger partial charge in [-0.1, -0.05) is 17.7 Å². The number of nitrogens with one attached hydrogen (secondary N) is 1. The molecule has 2 aromatic rings. The highest BCUT2D eigenvalue weighted by atomic mass is 16.5. The number of anilines is 1. The van der Waals surface area contributed by atoms with Crippen LogP contribution in [0.4, 0.5) is 5.69 Å². The summed E-state index contributed by atoms with van der Waals surface area (Å²) in [6.07, 6.45) is 3.96. The minimum atomic E-state index is -0.0831. The van der Waals surface area contributed by atoms with Crippen LogP contribution in [0.5, 0.6) is 0 Å². The molecule has 2 aliphatic heterocycles. The number of benzene rings is 2. The van der Waals surface area contributed by atoms with Gasteiger partial charge >= 0.3 is 0 Å². The smallest absolute Gasteiger partial charge is 0.258 e. The maximum atomic E-state index is 13.0. The fourth-order valence-electron chi connectivity index (χ4n) is 3.92. The Morgan fingerprint density at radius 1 is 1.11 bits per heavy atom. The van der Waals surface area contributed by atoms with E-state index >= 15 is 0 Å². The molecule has 0 saturated carbocycles. The van der Waals surface area contributed by atoms with Crippen LogP contribution in [-0.4, -0.2) is 37.6 Å². The van der Waals surface area contributed by atoms with Crippen LogP contribution in [-0.2, 0) is 11.2 Å². The third-order valence-corrected chi connectivity index (χ3v) is 5.52. The molecular weight excluding hydrogens is 352 g/mol. The molecule has 0 aromatic heterocycles. The quantitative estimate of drug-likeness (QED) is 0.886. The topological polar surface area (TPSA) is 58.6 Å². The third-order valence-electron chi connectivity index (χ3n) is 5.52. The standard InChI is InChI=1S/C23H26N2O3/c1-16-6-8-17(9-7-16)23(27)25-12-2-4-18-14-19(10-11-21(18)25)22(26)24-15-20-5-3-13-28-20/h6-11,14,20H,2-5,12-13,15H2,1H3,(H,24,26)/t20-/m0/s1. The summed E-state index contributed by atoms with van der Waals surface area (Å²) in [6.45, 7) is 4.04. The maximum Gasteiger partial charge on any atom is 0.258 e. The van der Waals surface area contributed by atoms with Crippen molar-refractivity contribution in [1.82, 2.24) is 5.32 Å². The molecule has 146 valence electrons. The summed E-state index contributed by atoms with van der Waals surface area (Å²) in [5, 5.41) is 2.97. The predicted molar refractivity (Wildman–Crippen MR) is 109 cm³/mol. The molecule has 1 fully saturated rings. The fraction of sp³-hybridized carbons (Fsp3) is 0.391. The van der Waals surface area contributed by atoms with Crippen LogP contribution in [0.1, 0.15) is 51.1 Å². The molecule has 5 heteroatoms. The van der Waals surface area contributed by atoms with Crippen LogP contribution in [0.2, 0.25) is 0 Å². The van der Waals surface area contributed by atoms with Crippen LogP contribution < -0.4 is 10.2 Å². The molecule has 0 radical (unpaired) electrons. The van der Waals surface area contributed by atoms with E-state index in [1.165, 1.54) is 0 Å². The predicted octanol–water partition coefficient (Wildman–Crippen LogP) is 3.50. The van der Waals surface area contributed by atoms with Crippen LogP contribution in [0.3, 0.4) is 0 Å². The molecule has 5 nitrogen and oxygen atoms in total. The van der Waals surface area contributed by atoms with Crippen LogP contribution in [0.25, 0.3) is 0 Å². The summed E-state index contributed by atoms with van der Waals surface area (Å²) in [7, 11) is 0. The van der Waals surface area contributed by atoms with Crippen molar-refractivity contribution >= 4 is 17.5 Å². The molecule has 1 atom stereocenters.